The molecule has 15 heavy (non-hydrogen) atoms. The summed E-state index contributed by atoms with van der Waals surface area (Å²) in [5.41, 5.74) is 6.54. The molecule has 1 aromatic carbocycles. The Bertz CT molecular complexity index is 436. The molecule has 6 nitrogen and oxygen atoms in total. The molecule has 2 N–H and O–H groups in total. The number of ether oxygens (including phenoxy) is 1. The fourth-order valence-electron chi connectivity index (χ4n) is 1.11. The van der Waals surface area contributed by atoms with E-state index in [-0.39, 0.29) is 0 Å². The minimum absolute atomic E-state index is 0.357. The highest BCUT2D eigenvalue weighted by molar-refractivity contribution is 5.28. The van der Waals surface area contributed by atoms with E-state index in [2.05, 4.69) is 15.5 Å². The van der Waals surface area contributed by atoms with Crippen molar-refractivity contribution in [1.29, 1.82) is 0 Å². The highest BCUT2D eigenvalue weighted by Gasteiger charge is 2.03. The Morgan fingerprint density at radius 3 is 2.60 bits per heavy atom. The molecule has 1 heterocycles. The first kappa shape index (κ1) is 9.60. The molecule has 0 fully saturated rings. The number of nitrogens with two attached hydrogens (primary N) is 1. The lowest BCUT2D eigenvalue weighted by Gasteiger charge is -2.03. The number of hydrogen-bond acceptors (Lipinski definition) is 5. The van der Waals surface area contributed by atoms with Crippen molar-refractivity contribution in [3.05, 3.63) is 29.8 Å². The van der Waals surface area contributed by atoms with Crippen molar-refractivity contribution < 1.29 is 4.74 Å². The second-order valence-electron chi connectivity index (χ2n) is 3.04. The van der Waals surface area contributed by atoms with Gasteiger partial charge in [-0.05, 0) is 28.1 Å². The van der Waals surface area contributed by atoms with E-state index < -0.39 is 0 Å². The van der Waals surface area contributed by atoms with Crippen molar-refractivity contribution in [2.45, 2.75) is 6.54 Å². The van der Waals surface area contributed by atoms with Crippen LogP contribution in [-0.2, 0) is 13.6 Å². The molecule has 0 bridgehead atoms. The predicted molar refractivity (Wildman–Crippen MR) is 53.2 cm³/mol. The summed E-state index contributed by atoms with van der Waals surface area (Å²) in [5.74, 6) is 0.685. The highest BCUT2D eigenvalue weighted by atomic mass is 16.5. The predicted octanol–water partition coefficient (Wildman–Crippen LogP) is 0.461. The van der Waals surface area contributed by atoms with Crippen LogP contribution in [0.4, 0.5) is 0 Å². The third kappa shape index (κ3) is 2.10. The summed E-state index contributed by atoms with van der Waals surface area (Å²) < 4.78 is 6.89. The summed E-state index contributed by atoms with van der Waals surface area (Å²) in [5, 5.41) is 10.8. The lowest BCUT2D eigenvalue weighted by molar-refractivity contribution is 0.414. The Kier molecular flexibility index (Phi) is 2.59. The summed E-state index contributed by atoms with van der Waals surface area (Å²) in [6, 6.07) is 7.82. The minimum Gasteiger partial charge on any atom is -0.423 e. The number of nitrogens with zero attached hydrogens (tertiary/aromatic N) is 4. The summed E-state index contributed by atoms with van der Waals surface area (Å²) in [6.07, 6.45) is 0. The Hall–Kier alpha value is -1.95. The zero-order valence-corrected chi connectivity index (χ0v) is 8.29. The molecule has 1 aromatic heterocycles. The molecule has 0 amide bonds. The van der Waals surface area contributed by atoms with Gasteiger partial charge in [0.1, 0.15) is 5.75 Å². The molecule has 0 saturated carbocycles. The molecule has 0 unspecified atom stereocenters. The molecular formula is C9H11N5O. The summed E-state index contributed by atoms with van der Waals surface area (Å²) in [6.45, 7) is 0.520. The van der Waals surface area contributed by atoms with Gasteiger partial charge in [-0.25, -0.2) is 0 Å². The summed E-state index contributed by atoms with van der Waals surface area (Å²) in [7, 11) is 1.71. The van der Waals surface area contributed by atoms with Gasteiger partial charge in [-0.15, -0.1) is 0 Å². The molecule has 0 aliphatic heterocycles. The molecule has 0 aliphatic rings. The molecule has 2 aromatic rings. The molecular weight excluding hydrogens is 194 g/mol. The summed E-state index contributed by atoms with van der Waals surface area (Å²) >= 11 is 0. The Morgan fingerprint density at radius 2 is 2.07 bits per heavy atom. The van der Waals surface area contributed by atoms with Crippen LogP contribution >= 0.6 is 0 Å². The van der Waals surface area contributed by atoms with Crippen LogP contribution in [0.25, 0.3) is 0 Å². The van der Waals surface area contributed by atoms with E-state index in [0.29, 0.717) is 18.3 Å². The van der Waals surface area contributed by atoms with Crippen LogP contribution in [0.2, 0.25) is 0 Å². The second kappa shape index (κ2) is 4.05. The molecule has 6 heteroatoms. The van der Waals surface area contributed by atoms with Crippen molar-refractivity contribution in [3.63, 3.8) is 0 Å². The van der Waals surface area contributed by atoms with Crippen LogP contribution in [-0.4, -0.2) is 20.2 Å². The van der Waals surface area contributed by atoms with Crippen molar-refractivity contribution >= 4 is 0 Å². The average Bonchev–Trinajstić information content (AvgIpc) is 2.66. The van der Waals surface area contributed by atoms with Crippen LogP contribution < -0.4 is 10.5 Å². The van der Waals surface area contributed by atoms with E-state index in [0.717, 1.165) is 5.56 Å². The molecule has 0 radical (unpaired) electrons. The SMILES string of the molecule is Cn1nnnc1Oc1ccc(CN)cc1. The zero-order valence-electron chi connectivity index (χ0n) is 8.29. The van der Waals surface area contributed by atoms with Gasteiger partial charge in [0, 0.05) is 13.6 Å². The monoisotopic (exact) mass is 205 g/mol. The average molecular weight is 205 g/mol. The Morgan fingerprint density at radius 1 is 1.33 bits per heavy atom. The number of aryl methyl sites for hydroxylation is 1. The standard InChI is InChI=1S/C9H11N5O/c1-14-9(11-12-13-14)15-8-4-2-7(6-10)3-5-8/h2-5H,6,10H2,1H3. The first-order valence-corrected chi connectivity index (χ1v) is 4.49. The van der Waals surface area contributed by atoms with Crippen molar-refractivity contribution in [3.8, 4) is 11.8 Å². The van der Waals surface area contributed by atoms with Gasteiger partial charge >= 0.3 is 6.01 Å². The van der Waals surface area contributed by atoms with E-state index in [1.807, 2.05) is 24.3 Å². The fraction of sp³-hybridized carbons (Fsp3) is 0.222. The van der Waals surface area contributed by atoms with Gasteiger partial charge in [0.05, 0.1) is 0 Å². The van der Waals surface area contributed by atoms with E-state index >= 15 is 0 Å². The maximum absolute atomic E-state index is 5.48. The third-order valence-corrected chi connectivity index (χ3v) is 1.95. The van der Waals surface area contributed by atoms with Crippen molar-refractivity contribution in [2.75, 3.05) is 0 Å². The number of benzene rings is 1. The van der Waals surface area contributed by atoms with Gasteiger partial charge < -0.3 is 10.5 Å². The van der Waals surface area contributed by atoms with Crippen LogP contribution in [0.15, 0.2) is 24.3 Å². The lowest BCUT2D eigenvalue weighted by Crippen LogP contribution is -1.97. The molecule has 78 valence electrons. The Balaban J connectivity index is 2.14. The third-order valence-electron chi connectivity index (χ3n) is 1.95. The number of rotatable bonds is 3. The van der Waals surface area contributed by atoms with Gasteiger partial charge in [-0.1, -0.05) is 17.2 Å². The van der Waals surface area contributed by atoms with Crippen LogP contribution in [0.1, 0.15) is 5.56 Å². The quantitative estimate of drug-likeness (QED) is 0.787. The van der Waals surface area contributed by atoms with Crippen LogP contribution in [0.3, 0.4) is 0 Å². The van der Waals surface area contributed by atoms with E-state index in [9.17, 15) is 0 Å². The van der Waals surface area contributed by atoms with E-state index in [4.69, 9.17) is 10.5 Å². The van der Waals surface area contributed by atoms with Crippen molar-refractivity contribution in [2.24, 2.45) is 12.8 Å². The fourth-order valence-corrected chi connectivity index (χ4v) is 1.11. The van der Waals surface area contributed by atoms with Gasteiger partial charge in [0.2, 0.25) is 0 Å². The topological polar surface area (TPSA) is 78.8 Å². The Labute approximate surface area is 86.7 Å². The van der Waals surface area contributed by atoms with E-state index in [1.54, 1.807) is 7.05 Å². The maximum Gasteiger partial charge on any atom is 0.340 e. The number of aromatic nitrogens is 4. The normalized spacial score (nSPS) is 10.3. The van der Waals surface area contributed by atoms with Crippen molar-refractivity contribution in [1.82, 2.24) is 20.2 Å². The van der Waals surface area contributed by atoms with Crippen LogP contribution in [0.5, 0.6) is 11.8 Å². The second-order valence-corrected chi connectivity index (χ2v) is 3.04. The first-order chi connectivity index (χ1) is 7.29. The first-order valence-electron chi connectivity index (χ1n) is 4.49. The largest absolute Gasteiger partial charge is 0.423 e. The number of tetrazole rings is 1. The number of hydrogen-bond donors (Lipinski definition) is 1. The van der Waals surface area contributed by atoms with Gasteiger partial charge in [0.15, 0.2) is 0 Å². The van der Waals surface area contributed by atoms with E-state index in [1.165, 1.54) is 4.68 Å². The molecule has 0 aliphatic carbocycles. The maximum atomic E-state index is 5.48. The molecule has 2 rings (SSSR count). The molecule has 0 saturated heterocycles. The zero-order chi connectivity index (χ0) is 10.7. The molecule has 0 spiro atoms. The summed E-state index contributed by atoms with van der Waals surface area (Å²) in [4.78, 5) is 0. The molecule has 0 atom stereocenters. The van der Waals surface area contributed by atoms with Gasteiger partial charge in [-0.3, -0.25) is 0 Å². The van der Waals surface area contributed by atoms with Crippen LogP contribution in [0, 0.1) is 0 Å². The van der Waals surface area contributed by atoms with Gasteiger partial charge in [0.25, 0.3) is 0 Å². The highest BCUT2D eigenvalue weighted by Crippen LogP contribution is 2.17. The van der Waals surface area contributed by atoms with Gasteiger partial charge in [-0.2, -0.15) is 4.68 Å². The minimum atomic E-state index is 0.357. The lowest BCUT2D eigenvalue weighted by atomic mass is 10.2. The smallest absolute Gasteiger partial charge is 0.340 e.